The van der Waals surface area contributed by atoms with Crippen molar-refractivity contribution in [1.82, 2.24) is 10.1 Å². The van der Waals surface area contributed by atoms with Crippen LogP contribution in [0.15, 0.2) is 34.9 Å². The second kappa shape index (κ2) is 5.68. The number of halogens is 1. The summed E-state index contributed by atoms with van der Waals surface area (Å²) >= 11 is 0. The number of amides is 1. The first-order valence-electron chi connectivity index (χ1n) is 7.19. The lowest BCUT2D eigenvalue weighted by atomic mass is 10.0. The van der Waals surface area contributed by atoms with Gasteiger partial charge in [0.1, 0.15) is 5.82 Å². The number of aromatic nitrogens is 1. The van der Waals surface area contributed by atoms with Crippen molar-refractivity contribution in [1.29, 1.82) is 0 Å². The van der Waals surface area contributed by atoms with Crippen LogP contribution in [0.5, 0.6) is 0 Å². The molecule has 1 aromatic carbocycles. The van der Waals surface area contributed by atoms with Gasteiger partial charge in [0.25, 0.3) is 5.91 Å². The predicted molar refractivity (Wildman–Crippen MR) is 76.2 cm³/mol. The molecule has 0 radical (unpaired) electrons. The van der Waals surface area contributed by atoms with Crippen molar-refractivity contribution < 1.29 is 13.7 Å². The van der Waals surface area contributed by atoms with Crippen LogP contribution < -0.4 is 0 Å². The number of rotatable bonds is 2. The smallest absolute Gasteiger partial charge is 0.276 e. The van der Waals surface area contributed by atoms with Gasteiger partial charge < -0.3 is 9.42 Å². The van der Waals surface area contributed by atoms with Crippen LogP contribution in [0.1, 0.15) is 36.7 Å². The van der Waals surface area contributed by atoms with Crippen LogP contribution >= 0.6 is 0 Å². The summed E-state index contributed by atoms with van der Waals surface area (Å²) in [5, 5.41) is 3.86. The van der Waals surface area contributed by atoms with Gasteiger partial charge in [-0.25, -0.2) is 4.39 Å². The average Bonchev–Trinajstić information content (AvgIpc) is 2.98. The number of likely N-dealkylation sites (tertiary alicyclic amines) is 1. The molecule has 0 N–H and O–H groups in total. The maximum Gasteiger partial charge on any atom is 0.276 e. The van der Waals surface area contributed by atoms with Gasteiger partial charge in [-0.05, 0) is 50.5 Å². The Bertz CT molecular complexity index is 636. The molecule has 5 heteroatoms. The largest absolute Gasteiger partial charge is 0.355 e. The van der Waals surface area contributed by atoms with Crippen molar-refractivity contribution in [2.75, 3.05) is 6.54 Å². The maximum absolute atomic E-state index is 12.9. The molecule has 21 heavy (non-hydrogen) atoms. The SMILES string of the molecule is C[C@@H]1CCCCN1C(=O)c1cc(-c2ccc(F)cc2)on1. The van der Waals surface area contributed by atoms with E-state index in [1.54, 1.807) is 18.2 Å². The summed E-state index contributed by atoms with van der Waals surface area (Å²) in [6.07, 6.45) is 3.21. The third kappa shape index (κ3) is 2.82. The number of benzene rings is 1. The number of hydrogen-bond acceptors (Lipinski definition) is 3. The molecule has 0 aliphatic carbocycles. The predicted octanol–water partition coefficient (Wildman–Crippen LogP) is 3.50. The van der Waals surface area contributed by atoms with E-state index in [0.29, 0.717) is 17.0 Å². The van der Waals surface area contributed by atoms with Gasteiger partial charge in [0.05, 0.1) is 0 Å². The standard InChI is InChI=1S/C16H17FN2O2/c1-11-4-2-3-9-19(11)16(20)14-10-15(21-18-14)12-5-7-13(17)8-6-12/h5-8,10-11H,2-4,9H2,1H3/t11-/m1/s1. The third-order valence-corrected chi connectivity index (χ3v) is 3.92. The van der Waals surface area contributed by atoms with Crippen LogP contribution in [0.2, 0.25) is 0 Å². The van der Waals surface area contributed by atoms with Gasteiger partial charge in [-0.3, -0.25) is 4.79 Å². The quantitative estimate of drug-likeness (QED) is 0.849. The van der Waals surface area contributed by atoms with E-state index in [0.717, 1.165) is 25.8 Å². The number of carbonyl (C=O) groups is 1. The van der Waals surface area contributed by atoms with E-state index in [2.05, 4.69) is 12.1 Å². The van der Waals surface area contributed by atoms with Gasteiger partial charge in [0, 0.05) is 24.2 Å². The highest BCUT2D eigenvalue weighted by Gasteiger charge is 2.26. The van der Waals surface area contributed by atoms with E-state index in [9.17, 15) is 9.18 Å². The summed E-state index contributed by atoms with van der Waals surface area (Å²) in [7, 11) is 0. The Hall–Kier alpha value is -2.17. The van der Waals surface area contributed by atoms with Crippen LogP contribution in [0.4, 0.5) is 4.39 Å². The van der Waals surface area contributed by atoms with Gasteiger partial charge in [0.15, 0.2) is 11.5 Å². The summed E-state index contributed by atoms with van der Waals surface area (Å²) in [5.74, 6) is 0.0685. The molecule has 1 fully saturated rings. The van der Waals surface area contributed by atoms with Crippen molar-refractivity contribution in [2.24, 2.45) is 0 Å². The molecule has 4 nitrogen and oxygen atoms in total. The molecule has 2 heterocycles. The van der Waals surface area contributed by atoms with E-state index in [1.807, 2.05) is 4.90 Å². The van der Waals surface area contributed by atoms with Gasteiger partial charge in [-0.2, -0.15) is 0 Å². The lowest BCUT2D eigenvalue weighted by molar-refractivity contribution is 0.0625. The Morgan fingerprint density at radius 3 is 2.81 bits per heavy atom. The van der Waals surface area contributed by atoms with Crippen LogP contribution in [0.25, 0.3) is 11.3 Å². The lowest BCUT2D eigenvalue weighted by Crippen LogP contribution is -2.42. The van der Waals surface area contributed by atoms with Crippen molar-refractivity contribution in [3.8, 4) is 11.3 Å². The first-order valence-corrected chi connectivity index (χ1v) is 7.19. The molecule has 1 amide bonds. The van der Waals surface area contributed by atoms with Crippen LogP contribution in [0.3, 0.4) is 0 Å². The molecule has 3 rings (SSSR count). The molecule has 0 spiro atoms. The molecular formula is C16H17FN2O2. The fourth-order valence-electron chi connectivity index (χ4n) is 2.67. The molecule has 1 aromatic heterocycles. The topological polar surface area (TPSA) is 46.3 Å². The van der Waals surface area contributed by atoms with Crippen molar-refractivity contribution in [3.05, 3.63) is 41.8 Å². The monoisotopic (exact) mass is 288 g/mol. The van der Waals surface area contributed by atoms with E-state index >= 15 is 0 Å². The Labute approximate surface area is 122 Å². The first-order chi connectivity index (χ1) is 10.1. The van der Waals surface area contributed by atoms with E-state index in [4.69, 9.17) is 4.52 Å². The van der Waals surface area contributed by atoms with Gasteiger partial charge in [-0.15, -0.1) is 0 Å². The number of nitrogens with zero attached hydrogens (tertiary/aromatic N) is 2. The normalized spacial score (nSPS) is 18.8. The van der Waals surface area contributed by atoms with Gasteiger partial charge in [0.2, 0.25) is 0 Å². The Morgan fingerprint density at radius 2 is 2.10 bits per heavy atom. The van der Waals surface area contributed by atoms with Crippen LogP contribution in [-0.2, 0) is 0 Å². The van der Waals surface area contributed by atoms with Crippen molar-refractivity contribution in [3.63, 3.8) is 0 Å². The van der Waals surface area contributed by atoms with Crippen molar-refractivity contribution in [2.45, 2.75) is 32.2 Å². The van der Waals surface area contributed by atoms with Gasteiger partial charge in [-0.1, -0.05) is 5.16 Å². The van der Waals surface area contributed by atoms with E-state index in [-0.39, 0.29) is 17.8 Å². The molecule has 1 saturated heterocycles. The lowest BCUT2D eigenvalue weighted by Gasteiger charge is -2.32. The second-order valence-electron chi connectivity index (χ2n) is 5.43. The maximum atomic E-state index is 12.9. The number of hydrogen-bond donors (Lipinski definition) is 0. The molecule has 110 valence electrons. The molecule has 0 unspecified atom stereocenters. The minimum absolute atomic E-state index is 0.0979. The highest BCUT2D eigenvalue weighted by atomic mass is 19.1. The zero-order valence-electron chi connectivity index (χ0n) is 11.9. The Morgan fingerprint density at radius 1 is 1.33 bits per heavy atom. The Kier molecular flexibility index (Phi) is 3.73. The van der Waals surface area contributed by atoms with Crippen LogP contribution in [0, 0.1) is 5.82 Å². The summed E-state index contributed by atoms with van der Waals surface area (Å²) in [6.45, 7) is 2.82. The summed E-state index contributed by atoms with van der Waals surface area (Å²) in [4.78, 5) is 14.3. The summed E-state index contributed by atoms with van der Waals surface area (Å²) < 4.78 is 18.1. The third-order valence-electron chi connectivity index (χ3n) is 3.92. The second-order valence-corrected chi connectivity index (χ2v) is 5.43. The van der Waals surface area contributed by atoms with Gasteiger partial charge >= 0.3 is 0 Å². The average molecular weight is 288 g/mol. The zero-order valence-corrected chi connectivity index (χ0v) is 11.9. The molecule has 2 aromatic rings. The van der Waals surface area contributed by atoms with E-state index < -0.39 is 0 Å². The summed E-state index contributed by atoms with van der Waals surface area (Å²) in [6, 6.07) is 7.77. The minimum Gasteiger partial charge on any atom is -0.355 e. The summed E-state index contributed by atoms with van der Waals surface area (Å²) in [5.41, 5.74) is 1.01. The fraction of sp³-hybridized carbons (Fsp3) is 0.375. The molecule has 1 aliphatic rings. The van der Waals surface area contributed by atoms with E-state index in [1.165, 1.54) is 12.1 Å². The molecular weight excluding hydrogens is 271 g/mol. The number of carbonyl (C=O) groups excluding carboxylic acids is 1. The fourth-order valence-corrected chi connectivity index (χ4v) is 2.67. The first kappa shape index (κ1) is 13.8. The van der Waals surface area contributed by atoms with Crippen molar-refractivity contribution >= 4 is 5.91 Å². The Balaban J connectivity index is 1.81. The number of piperidine rings is 1. The molecule has 0 bridgehead atoms. The molecule has 1 aliphatic heterocycles. The van der Waals surface area contributed by atoms with Crippen LogP contribution in [-0.4, -0.2) is 28.6 Å². The molecule has 0 saturated carbocycles. The highest BCUT2D eigenvalue weighted by molar-refractivity contribution is 5.93. The molecule has 1 atom stereocenters. The highest BCUT2D eigenvalue weighted by Crippen LogP contribution is 2.23. The minimum atomic E-state index is -0.309. The zero-order chi connectivity index (χ0) is 14.8.